The van der Waals surface area contributed by atoms with Crippen LogP contribution in [-0.2, 0) is 4.74 Å². The van der Waals surface area contributed by atoms with E-state index in [1.807, 2.05) is 64.9 Å². The van der Waals surface area contributed by atoms with E-state index in [0.29, 0.717) is 56.2 Å². The summed E-state index contributed by atoms with van der Waals surface area (Å²) in [5.74, 6) is -0.346. The van der Waals surface area contributed by atoms with Gasteiger partial charge in [0.25, 0.3) is 11.8 Å². The molecule has 2 unspecified atom stereocenters. The summed E-state index contributed by atoms with van der Waals surface area (Å²) >= 11 is 0. The molecule has 1 aliphatic carbocycles. The first-order valence-electron chi connectivity index (χ1n) is 14.3. The van der Waals surface area contributed by atoms with Crippen LogP contribution in [0.3, 0.4) is 0 Å². The maximum Gasteiger partial charge on any atom is 0.275 e. The van der Waals surface area contributed by atoms with Gasteiger partial charge in [0.2, 0.25) is 0 Å². The number of hydrogen-bond acceptors (Lipinski definition) is 6. The quantitative estimate of drug-likeness (QED) is 0.381. The van der Waals surface area contributed by atoms with Crippen molar-refractivity contribution < 1.29 is 19.4 Å². The lowest BCUT2D eigenvalue weighted by Crippen LogP contribution is -2.57. The molecule has 3 aromatic rings. The van der Waals surface area contributed by atoms with E-state index in [-0.39, 0.29) is 30.5 Å². The topological polar surface area (TPSA) is 109 Å². The molecule has 1 saturated heterocycles. The number of benzene rings is 2. The van der Waals surface area contributed by atoms with Crippen molar-refractivity contribution in [3.05, 3.63) is 78.2 Å². The van der Waals surface area contributed by atoms with Crippen molar-refractivity contribution in [2.45, 2.75) is 50.3 Å². The normalized spacial score (nSPS) is 23.1. The minimum atomic E-state index is -1.04. The smallest absolute Gasteiger partial charge is 0.275 e. The Morgan fingerprint density at radius 1 is 1.12 bits per heavy atom. The summed E-state index contributed by atoms with van der Waals surface area (Å²) in [5, 5.41) is 18.1. The molecule has 9 nitrogen and oxygen atoms in total. The number of carbonyl (C=O) groups excluding carboxylic acids is 2. The molecule has 2 heterocycles. The maximum atomic E-state index is 14.2. The highest BCUT2D eigenvalue weighted by Crippen LogP contribution is 2.41. The third-order valence-corrected chi connectivity index (χ3v) is 8.04. The molecule has 2 amide bonds. The summed E-state index contributed by atoms with van der Waals surface area (Å²) in [6.45, 7) is 4.75. The summed E-state index contributed by atoms with van der Waals surface area (Å²) in [6, 6.07) is 18.4. The van der Waals surface area contributed by atoms with Gasteiger partial charge < -0.3 is 29.9 Å². The van der Waals surface area contributed by atoms with Gasteiger partial charge in [-0.1, -0.05) is 61.4 Å². The van der Waals surface area contributed by atoms with E-state index in [1.165, 1.54) is 0 Å². The molecule has 0 spiro atoms. The number of rotatable bonds is 9. The zero-order valence-electron chi connectivity index (χ0n) is 23.1. The number of nitrogens with zero attached hydrogens (tertiary/aromatic N) is 3. The number of carbonyl (C=O) groups is 2. The molecule has 9 heteroatoms. The predicted molar refractivity (Wildman–Crippen MR) is 153 cm³/mol. The average molecular weight is 546 g/mol. The van der Waals surface area contributed by atoms with Crippen molar-refractivity contribution in [3.8, 4) is 11.3 Å². The number of hydrogen-bond donors (Lipinski definition) is 3. The highest BCUT2D eigenvalue weighted by molar-refractivity contribution is 5.99. The molecule has 2 aromatic carbocycles. The van der Waals surface area contributed by atoms with Crippen LogP contribution in [0.2, 0.25) is 0 Å². The predicted octanol–water partition coefficient (Wildman–Crippen LogP) is 3.28. The van der Waals surface area contributed by atoms with E-state index in [2.05, 4.69) is 15.6 Å². The second-order valence-electron chi connectivity index (χ2n) is 10.6. The van der Waals surface area contributed by atoms with Crippen LogP contribution >= 0.6 is 0 Å². The molecule has 0 radical (unpaired) electrons. The standard InChI is InChI=1S/C31H39N5O4/c1-2-40-21-31(39)16-10-9-15-26(31)36-22-34-27(28(36)23-11-5-3-6-12-23)30(38)35-18-17-32-19-25(35)20-33-29(37)24-13-7-4-8-14-24/h3-8,11-14,22,25-26,32,39H,2,9-10,15-21H2,1H3,(H,33,37)/t25-,26?,31?/m0/s1. The van der Waals surface area contributed by atoms with E-state index in [0.717, 1.165) is 24.8 Å². The zero-order chi connectivity index (χ0) is 28.0. The monoisotopic (exact) mass is 545 g/mol. The van der Waals surface area contributed by atoms with E-state index in [1.54, 1.807) is 18.5 Å². The number of imidazole rings is 1. The summed E-state index contributed by atoms with van der Waals surface area (Å²) < 4.78 is 7.71. The van der Waals surface area contributed by atoms with Crippen LogP contribution in [0.1, 0.15) is 59.5 Å². The Hall–Kier alpha value is -3.53. The van der Waals surface area contributed by atoms with Gasteiger partial charge in [-0.2, -0.15) is 0 Å². The van der Waals surface area contributed by atoms with Crippen molar-refractivity contribution >= 4 is 11.8 Å². The molecule has 5 rings (SSSR count). The summed E-state index contributed by atoms with van der Waals surface area (Å²) in [6.07, 6.45) is 5.02. The SMILES string of the molecule is CCOCC1(O)CCCCC1n1cnc(C(=O)N2CCNC[C@H]2CNC(=O)c2ccccc2)c1-c1ccccc1. The van der Waals surface area contributed by atoms with Gasteiger partial charge in [0.1, 0.15) is 5.60 Å². The number of ether oxygens (including phenoxy) is 1. The van der Waals surface area contributed by atoms with Gasteiger partial charge in [-0.25, -0.2) is 4.98 Å². The average Bonchev–Trinajstić information content (AvgIpc) is 3.44. The largest absolute Gasteiger partial charge is 0.385 e. The molecule has 2 fully saturated rings. The third-order valence-electron chi connectivity index (χ3n) is 8.04. The second kappa shape index (κ2) is 12.8. The van der Waals surface area contributed by atoms with E-state index in [4.69, 9.17) is 4.74 Å². The minimum Gasteiger partial charge on any atom is -0.385 e. The fraction of sp³-hybridized carbons (Fsp3) is 0.452. The minimum absolute atomic E-state index is 0.168. The van der Waals surface area contributed by atoms with Crippen molar-refractivity contribution in [2.24, 2.45) is 0 Å². The lowest BCUT2D eigenvalue weighted by Gasteiger charge is -2.41. The lowest BCUT2D eigenvalue weighted by molar-refractivity contribution is -0.0972. The van der Waals surface area contributed by atoms with E-state index < -0.39 is 5.60 Å². The van der Waals surface area contributed by atoms with Gasteiger partial charge in [0, 0.05) is 43.9 Å². The molecular formula is C31H39N5O4. The van der Waals surface area contributed by atoms with Crippen LogP contribution in [0.25, 0.3) is 11.3 Å². The van der Waals surface area contributed by atoms with E-state index in [9.17, 15) is 14.7 Å². The molecule has 1 saturated carbocycles. The number of aromatic nitrogens is 2. The molecule has 0 bridgehead atoms. The fourth-order valence-corrected chi connectivity index (χ4v) is 5.93. The Morgan fingerprint density at radius 3 is 2.62 bits per heavy atom. The van der Waals surface area contributed by atoms with Crippen molar-refractivity contribution in [1.82, 2.24) is 25.1 Å². The molecule has 3 atom stereocenters. The number of aliphatic hydroxyl groups is 1. The summed E-state index contributed by atoms with van der Waals surface area (Å²) in [7, 11) is 0. The van der Waals surface area contributed by atoms with Crippen LogP contribution in [0, 0.1) is 0 Å². The Balaban J connectivity index is 1.44. The van der Waals surface area contributed by atoms with Crippen LogP contribution in [0.5, 0.6) is 0 Å². The first-order valence-corrected chi connectivity index (χ1v) is 14.3. The summed E-state index contributed by atoms with van der Waals surface area (Å²) in [5.41, 5.74) is 1.48. The van der Waals surface area contributed by atoms with Gasteiger partial charge in [-0.05, 0) is 31.9 Å². The molecular weight excluding hydrogens is 506 g/mol. The molecule has 3 N–H and O–H groups in total. The Morgan fingerprint density at radius 2 is 1.88 bits per heavy atom. The van der Waals surface area contributed by atoms with Crippen molar-refractivity contribution in [2.75, 3.05) is 39.4 Å². The first-order chi connectivity index (χ1) is 19.5. The van der Waals surface area contributed by atoms with Crippen LogP contribution < -0.4 is 10.6 Å². The van der Waals surface area contributed by atoms with Gasteiger partial charge in [-0.3, -0.25) is 9.59 Å². The van der Waals surface area contributed by atoms with E-state index >= 15 is 0 Å². The fourth-order valence-electron chi connectivity index (χ4n) is 5.93. The number of piperazine rings is 1. The molecule has 1 aliphatic heterocycles. The van der Waals surface area contributed by atoms with Gasteiger partial charge >= 0.3 is 0 Å². The summed E-state index contributed by atoms with van der Waals surface area (Å²) in [4.78, 5) is 33.4. The second-order valence-corrected chi connectivity index (χ2v) is 10.6. The molecule has 212 valence electrons. The van der Waals surface area contributed by atoms with Crippen molar-refractivity contribution in [1.29, 1.82) is 0 Å². The Bertz CT molecular complexity index is 1280. The van der Waals surface area contributed by atoms with Gasteiger partial charge in [-0.15, -0.1) is 0 Å². The van der Waals surface area contributed by atoms with Gasteiger partial charge in [0.15, 0.2) is 5.69 Å². The number of nitrogens with one attached hydrogen (secondary N) is 2. The highest BCUT2D eigenvalue weighted by atomic mass is 16.5. The Kier molecular flexibility index (Phi) is 8.94. The lowest BCUT2D eigenvalue weighted by atomic mass is 9.80. The van der Waals surface area contributed by atoms with Crippen LogP contribution in [0.4, 0.5) is 0 Å². The van der Waals surface area contributed by atoms with Crippen LogP contribution in [-0.4, -0.2) is 82.4 Å². The molecule has 40 heavy (non-hydrogen) atoms. The Labute approximate surface area is 235 Å². The third kappa shape index (κ3) is 5.96. The van der Waals surface area contributed by atoms with Crippen molar-refractivity contribution in [3.63, 3.8) is 0 Å². The molecule has 2 aliphatic rings. The zero-order valence-corrected chi connectivity index (χ0v) is 23.1. The van der Waals surface area contributed by atoms with Gasteiger partial charge in [0.05, 0.1) is 30.7 Å². The van der Waals surface area contributed by atoms with Crippen LogP contribution in [0.15, 0.2) is 67.0 Å². The highest BCUT2D eigenvalue weighted by Gasteiger charge is 2.42. The first kappa shape index (κ1) is 28.0. The number of amides is 2. The molecule has 1 aromatic heterocycles. The maximum absolute atomic E-state index is 14.2.